The molecule has 1 saturated carbocycles. The van der Waals surface area contributed by atoms with Gasteiger partial charge in [0.1, 0.15) is 0 Å². The van der Waals surface area contributed by atoms with E-state index >= 15 is 0 Å². The average molecular weight is 272 g/mol. The van der Waals surface area contributed by atoms with Crippen molar-refractivity contribution in [3.8, 4) is 0 Å². The number of allylic oxidation sites excluding steroid dienone is 1. The number of Topliss-reactive ketones (excluding diaryl/α,β-unsaturated/α-hetero) is 1. The van der Waals surface area contributed by atoms with E-state index in [1.165, 1.54) is 4.24 Å². The van der Waals surface area contributed by atoms with Gasteiger partial charge in [0.25, 0.3) is 0 Å². The maximum atomic E-state index is 12.6. The Balaban J connectivity index is 3.30. The lowest BCUT2D eigenvalue weighted by atomic mass is 9.56. The van der Waals surface area contributed by atoms with Gasteiger partial charge in [-0.1, -0.05) is 34.6 Å². The maximum Gasteiger partial charge on any atom is 0.166 e. The van der Waals surface area contributed by atoms with Crippen molar-refractivity contribution in [3.05, 3.63) is 9.81 Å². The summed E-state index contributed by atoms with van der Waals surface area (Å²) in [5.74, 6) is 0.763. The zero-order valence-corrected chi connectivity index (χ0v) is 13.6. The standard InChI is InChI=1S/C14H24OS2/c1-9-13(2,3)8-10(12(16-6)17-7)11(15)14(9,4)5/h9H,8H2,1-7H3. The first-order valence-electron chi connectivity index (χ1n) is 6.04. The fraction of sp³-hybridized carbons (Fsp3) is 0.786. The minimum Gasteiger partial charge on any atom is -0.294 e. The van der Waals surface area contributed by atoms with E-state index in [9.17, 15) is 4.79 Å². The van der Waals surface area contributed by atoms with E-state index in [1.54, 1.807) is 23.5 Å². The zero-order valence-electron chi connectivity index (χ0n) is 12.0. The highest BCUT2D eigenvalue weighted by Crippen LogP contribution is 2.52. The third-order valence-corrected chi connectivity index (χ3v) is 6.60. The van der Waals surface area contributed by atoms with E-state index in [4.69, 9.17) is 0 Å². The molecule has 0 heterocycles. The highest BCUT2D eigenvalue weighted by atomic mass is 32.2. The highest BCUT2D eigenvalue weighted by molar-refractivity contribution is 8.21. The zero-order chi connectivity index (χ0) is 13.4. The minimum absolute atomic E-state index is 0.198. The average Bonchev–Trinajstić information content (AvgIpc) is 2.25. The quantitative estimate of drug-likeness (QED) is 0.685. The van der Waals surface area contributed by atoms with Crippen LogP contribution < -0.4 is 0 Å². The van der Waals surface area contributed by atoms with Crippen LogP contribution in [0.5, 0.6) is 0 Å². The molecule has 0 N–H and O–H groups in total. The van der Waals surface area contributed by atoms with Gasteiger partial charge in [-0.2, -0.15) is 0 Å². The number of hydrogen-bond acceptors (Lipinski definition) is 3. The van der Waals surface area contributed by atoms with E-state index in [0.29, 0.717) is 11.7 Å². The molecule has 0 aromatic rings. The number of rotatable bonds is 2. The summed E-state index contributed by atoms with van der Waals surface area (Å²) in [5.41, 5.74) is 1.01. The van der Waals surface area contributed by atoms with E-state index in [1.807, 2.05) is 0 Å². The van der Waals surface area contributed by atoms with Gasteiger partial charge in [0.05, 0.1) is 0 Å². The molecule has 3 heteroatoms. The molecule has 17 heavy (non-hydrogen) atoms. The van der Waals surface area contributed by atoms with Crippen molar-refractivity contribution in [2.24, 2.45) is 16.7 Å². The summed E-state index contributed by atoms with van der Waals surface area (Å²) in [6.45, 7) is 11.0. The Morgan fingerprint density at radius 3 is 2.06 bits per heavy atom. The van der Waals surface area contributed by atoms with Crippen molar-refractivity contribution < 1.29 is 4.79 Å². The van der Waals surface area contributed by atoms with Crippen LogP contribution in [0.2, 0.25) is 0 Å². The van der Waals surface area contributed by atoms with Crippen LogP contribution in [0.25, 0.3) is 0 Å². The summed E-state index contributed by atoms with van der Waals surface area (Å²) in [6.07, 6.45) is 5.03. The topological polar surface area (TPSA) is 17.1 Å². The molecule has 1 atom stereocenters. The van der Waals surface area contributed by atoms with Crippen LogP contribution in [0.3, 0.4) is 0 Å². The summed E-state index contributed by atoms with van der Waals surface area (Å²) in [4.78, 5) is 12.6. The van der Waals surface area contributed by atoms with Crippen molar-refractivity contribution in [2.75, 3.05) is 12.5 Å². The maximum absolute atomic E-state index is 12.6. The van der Waals surface area contributed by atoms with Crippen molar-refractivity contribution in [1.82, 2.24) is 0 Å². The predicted molar refractivity (Wildman–Crippen MR) is 80.4 cm³/mol. The van der Waals surface area contributed by atoms with Gasteiger partial charge in [0, 0.05) is 15.2 Å². The number of thioether (sulfide) groups is 2. The number of carbonyl (C=O) groups is 1. The van der Waals surface area contributed by atoms with E-state index < -0.39 is 0 Å². The summed E-state index contributed by atoms with van der Waals surface area (Å²) in [5, 5.41) is 0. The van der Waals surface area contributed by atoms with Gasteiger partial charge >= 0.3 is 0 Å². The monoisotopic (exact) mass is 272 g/mol. The van der Waals surface area contributed by atoms with Gasteiger partial charge in [-0.15, -0.1) is 23.5 Å². The second-order valence-corrected chi connectivity index (χ2v) is 8.00. The fourth-order valence-electron chi connectivity index (χ4n) is 2.75. The second-order valence-electron chi connectivity index (χ2n) is 6.11. The van der Waals surface area contributed by atoms with Gasteiger partial charge in [0.2, 0.25) is 0 Å². The third-order valence-electron chi connectivity index (χ3n) is 4.36. The smallest absolute Gasteiger partial charge is 0.166 e. The lowest BCUT2D eigenvalue weighted by Crippen LogP contribution is -2.46. The Kier molecular flexibility index (Phi) is 4.47. The molecule has 1 aliphatic rings. The van der Waals surface area contributed by atoms with Crippen LogP contribution in [0.15, 0.2) is 9.81 Å². The molecule has 0 aromatic heterocycles. The SMILES string of the molecule is CSC(SC)=C1CC(C)(C)C(C)C(C)(C)C1=O. The van der Waals surface area contributed by atoms with Crippen molar-refractivity contribution in [3.63, 3.8) is 0 Å². The molecule has 98 valence electrons. The molecule has 1 fully saturated rings. The summed E-state index contributed by atoms with van der Waals surface area (Å²) >= 11 is 3.41. The molecular weight excluding hydrogens is 248 g/mol. The van der Waals surface area contributed by atoms with Crippen LogP contribution in [-0.4, -0.2) is 18.3 Å². The van der Waals surface area contributed by atoms with E-state index in [2.05, 4.69) is 47.1 Å². The van der Waals surface area contributed by atoms with E-state index in [-0.39, 0.29) is 10.8 Å². The second kappa shape index (κ2) is 5.00. The lowest BCUT2D eigenvalue weighted by Gasteiger charge is -2.47. The van der Waals surface area contributed by atoms with Gasteiger partial charge in [0.15, 0.2) is 5.78 Å². The largest absolute Gasteiger partial charge is 0.294 e. The van der Waals surface area contributed by atoms with Crippen LogP contribution in [0.1, 0.15) is 41.0 Å². The Labute approximate surface area is 114 Å². The first kappa shape index (κ1) is 15.2. The Hall–Kier alpha value is 0.110. The van der Waals surface area contributed by atoms with E-state index in [0.717, 1.165) is 12.0 Å². The molecule has 0 aromatic carbocycles. The Bertz CT molecular complexity index is 347. The van der Waals surface area contributed by atoms with Crippen LogP contribution in [0.4, 0.5) is 0 Å². The molecule has 0 amide bonds. The summed E-state index contributed by atoms with van der Waals surface area (Å²) in [7, 11) is 0. The van der Waals surface area contributed by atoms with Crippen LogP contribution >= 0.6 is 23.5 Å². The first-order valence-corrected chi connectivity index (χ1v) is 8.49. The Morgan fingerprint density at radius 2 is 1.65 bits per heavy atom. The van der Waals surface area contributed by atoms with Crippen molar-refractivity contribution >= 4 is 29.3 Å². The minimum atomic E-state index is -0.242. The molecular formula is C14H24OS2. The summed E-state index contributed by atoms with van der Waals surface area (Å²) in [6, 6.07) is 0. The summed E-state index contributed by atoms with van der Waals surface area (Å²) < 4.78 is 1.20. The molecule has 1 rings (SSSR count). The number of ketones is 1. The van der Waals surface area contributed by atoms with Crippen LogP contribution in [0, 0.1) is 16.7 Å². The van der Waals surface area contributed by atoms with Gasteiger partial charge in [-0.05, 0) is 30.3 Å². The fourth-order valence-corrected chi connectivity index (χ4v) is 4.24. The molecule has 1 nitrogen and oxygen atoms in total. The molecule has 0 aliphatic heterocycles. The molecule has 1 unspecified atom stereocenters. The third kappa shape index (κ3) is 2.60. The molecule has 0 radical (unpaired) electrons. The number of hydrogen-bond donors (Lipinski definition) is 0. The Morgan fingerprint density at radius 1 is 1.18 bits per heavy atom. The van der Waals surface area contributed by atoms with Gasteiger partial charge < -0.3 is 0 Å². The molecule has 0 spiro atoms. The molecule has 0 bridgehead atoms. The number of carbonyl (C=O) groups excluding carboxylic acids is 1. The molecule has 0 saturated heterocycles. The van der Waals surface area contributed by atoms with Gasteiger partial charge in [-0.25, -0.2) is 0 Å². The van der Waals surface area contributed by atoms with Gasteiger partial charge in [-0.3, -0.25) is 4.79 Å². The normalized spacial score (nSPS) is 27.1. The van der Waals surface area contributed by atoms with Crippen molar-refractivity contribution in [2.45, 2.75) is 41.0 Å². The van der Waals surface area contributed by atoms with Crippen molar-refractivity contribution in [1.29, 1.82) is 0 Å². The predicted octanol–water partition coefficient (Wildman–Crippen LogP) is 4.59. The lowest BCUT2D eigenvalue weighted by molar-refractivity contribution is -0.132. The first-order chi connectivity index (χ1) is 7.68. The highest BCUT2D eigenvalue weighted by Gasteiger charge is 2.49. The molecule has 1 aliphatic carbocycles. The van der Waals surface area contributed by atoms with Crippen LogP contribution in [-0.2, 0) is 4.79 Å².